The van der Waals surface area contributed by atoms with Crippen molar-refractivity contribution >= 4 is 54.2 Å². The van der Waals surface area contributed by atoms with E-state index < -0.39 is 17.4 Å². The lowest BCUT2D eigenvalue weighted by atomic mass is 9.80. The van der Waals surface area contributed by atoms with E-state index in [9.17, 15) is 14.4 Å². The Kier molecular flexibility index (Phi) is 16.7. The van der Waals surface area contributed by atoms with Crippen molar-refractivity contribution in [2.75, 3.05) is 40.6 Å². The van der Waals surface area contributed by atoms with Crippen molar-refractivity contribution in [3.63, 3.8) is 0 Å². The first kappa shape index (κ1) is 38.8. The number of carbonyl (C=O) groups is 3. The molecule has 1 aromatic heterocycles. The molecule has 2 aromatic rings. The Balaban J connectivity index is 0.00000462. The van der Waals surface area contributed by atoms with Crippen LogP contribution in [0.1, 0.15) is 79.0 Å². The van der Waals surface area contributed by atoms with Crippen LogP contribution in [0.15, 0.2) is 33.9 Å². The minimum absolute atomic E-state index is 0. The number of hydrogen-bond acceptors (Lipinski definition) is 10. The van der Waals surface area contributed by atoms with Gasteiger partial charge in [-0.2, -0.15) is 5.06 Å². The first-order chi connectivity index (χ1) is 19.5. The van der Waals surface area contributed by atoms with E-state index in [0.29, 0.717) is 36.6 Å². The van der Waals surface area contributed by atoms with Gasteiger partial charge in [-0.25, -0.2) is 0 Å². The van der Waals surface area contributed by atoms with Gasteiger partial charge < -0.3 is 24.8 Å². The standard InChI is InChI=1S/C29H44N6O5S.2ClH/c1-20(2)18-23(24(36)26-32-33-28(40-26)41-17-16-34(3)4)30-27(38)29(14-8-7-9-15-29)31-25(37)22-12-10-21(11-13-22)19-35(5)39-6;;/h10-13,20,23H,7-9,14-19H2,1-6H3,(H,30,38)(H,31,37);2*1H. The molecule has 3 rings (SSSR count). The number of nitrogens with zero attached hydrogens (tertiary/aromatic N) is 4. The average Bonchev–Trinajstić information content (AvgIpc) is 3.41. The normalized spacial score (nSPS) is 15.0. The number of hydrogen-bond donors (Lipinski definition) is 2. The van der Waals surface area contributed by atoms with Gasteiger partial charge >= 0.3 is 0 Å². The minimum atomic E-state index is -1.11. The average molecular weight is 662 g/mol. The Labute approximate surface area is 271 Å². The Bertz CT molecular complexity index is 1160. The number of nitrogens with one attached hydrogen (secondary N) is 2. The zero-order valence-electron chi connectivity index (χ0n) is 25.9. The topological polar surface area (TPSA) is 130 Å². The SMILES string of the molecule is CON(C)Cc1ccc(C(=O)NC2(C(=O)NC(CC(C)C)C(=O)c3nnc(SCCN(C)C)o3)CCCCC2)cc1.Cl.Cl. The molecule has 1 aromatic carbocycles. The van der Waals surface area contributed by atoms with E-state index in [1.54, 1.807) is 24.3 Å². The van der Waals surface area contributed by atoms with Crippen molar-refractivity contribution < 1.29 is 23.6 Å². The maximum absolute atomic E-state index is 13.9. The fourth-order valence-electron chi connectivity index (χ4n) is 4.77. The molecule has 11 nitrogen and oxygen atoms in total. The summed E-state index contributed by atoms with van der Waals surface area (Å²) in [5.41, 5.74) is 0.347. The molecule has 0 saturated heterocycles. The van der Waals surface area contributed by atoms with Crippen LogP contribution in [0.5, 0.6) is 0 Å². The third kappa shape index (κ3) is 11.7. The number of carbonyl (C=O) groups excluding carboxylic acids is 3. The molecule has 0 spiro atoms. The van der Waals surface area contributed by atoms with Gasteiger partial charge in [0, 0.05) is 31.5 Å². The number of amides is 2. The van der Waals surface area contributed by atoms with Gasteiger partial charge in [-0.05, 0) is 57.0 Å². The van der Waals surface area contributed by atoms with Gasteiger partial charge in [-0.3, -0.25) is 14.4 Å². The zero-order valence-corrected chi connectivity index (χ0v) is 28.3. The molecule has 1 fully saturated rings. The van der Waals surface area contributed by atoms with E-state index in [0.717, 1.165) is 37.1 Å². The van der Waals surface area contributed by atoms with Gasteiger partial charge in [0.2, 0.25) is 11.7 Å². The number of ketones is 1. The Morgan fingerprint density at radius 1 is 1.05 bits per heavy atom. The predicted octanol–water partition coefficient (Wildman–Crippen LogP) is 4.41. The number of hydroxylamine groups is 2. The van der Waals surface area contributed by atoms with Gasteiger partial charge in [0.15, 0.2) is 0 Å². The summed E-state index contributed by atoms with van der Waals surface area (Å²) in [6.07, 6.45) is 3.98. The Morgan fingerprint density at radius 2 is 1.70 bits per heavy atom. The molecule has 1 saturated carbocycles. The summed E-state index contributed by atoms with van der Waals surface area (Å²) in [5, 5.41) is 16.0. The summed E-state index contributed by atoms with van der Waals surface area (Å²) in [6, 6.07) is 6.38. The Hall–Kier alpha value is -2.22. The number of Topliss-reactive ketones (excluding diaryl/α,β-unsaturated/α-hetero) is 1. The fourth-order valence-corrected chi connectivity index (χ4v) is 5.64. The number of benzene rings is 1. The van der Waals surface area contributed by atoms with Crippen LogP contribution in [-0.4, -0.2) is 89.9 Å². The van der Waals surface area contributed by atoms with E-state index in [1.165, 1.54) is 11.8 Å². The summed E-state index contributed by atoms with van der Waals surface area (Å²) in [4.78, 5) is 47.8. The van der Waals surface area contributed by atoms with E-state index >= 15 is 0 Å². The first-order valence-corrected chi connectivity index (χ1v) is 15.1. The predicted molar refractivity (Wildman–Crippen MR) is 172 cm³/mol. The molecular weight excluding hydrogens is 615 g/mol. The lowest BCUT2D eigenvalue weighted by molar-refractivity contribution is -0.129. The quantitative estimate of drug-likeness (QED) is 0.161. The number of aromatic nitrogens is 2. The zero-order chi connectivity index (χ0) is 30.0. The van der Waals surface area contributed by atoms with Gasteiger partial charge in [-0.1, -0.05) is 57.0 Å². The van der Waals surface area contributed by atoms with Crippen LogP contribution in [0, 0.1) is 5.92 Å². The molecule has 0 aliphatic heterocycles. The largest absolute Gasteiger partial charge is 0.408 e. The number of thioether (sulfide) groups is 1. The molecule has 0 radical (unpaired) electrons. The highest BCUT2D eigenvalue weighted by Gasteiger charge is 2.43. The molecule has 1 unspecified atom stereocenters. The van der Waals surface area contributed by atoms with E-state index in [4.69, 9.17) is 9.25 Å². The van der Waals surface area contributed by atoms with Crippen molar-refractivity contribution in [2.45, 2.75) is 75.7 Å². The smallest absolute Gasteiger partial charge is 0.286 e. The monoisotopic (exact) mass is 660 g/mol. The van der Waals surface area contributed by atoms with Gasteiger partial charge in [0.25, 0.3) is 17.0 Å². The molecule has 1 atom stereocenters. The van der Waals surface area contributed by atoms with Crippen LogP contribution in [-0.2, 0) is 16.2 Å². The van der Waals surface area contributed by atoms with E-state index in [1.807, 2.05) is 52.0 Å². The fraction of sp³-hybridized carbons (Fsp3) is 0.621. The highest BCUT2D eigenvalue weighted by atomic mass is 35.5. The van der Waals surface area contributed by atoms with Crippen LogP contribution in [0.2, 0.25) is 0 Å². The summed E-state index contributed by atoms with van der Waals surface area (Å²) >= 11 is 1.38. The molecule has 43 heavy (non-hydrogen) atoms. The van der Waals surface area contributed by atoms with Crippen LogP contribution in [0.3, 0.4) is 0 Å². The molecular formula is C29H46Cl2N6O5S. The second-order valence-corrected chi connectivity index (χ2v) is 12.4. The minimum Gasteiger partial charge on any atom is -0.408 e. The molecule has 1 aliphatic carbocycles. The number of rotatable bonds is 15. The molecule has 2 N–H and O–H groups in total. The second kappa shape index (κ2) is 18.6. The lowest BCUT2D eigenvalue weighted by Crippen LogP contribution is -2.62. The molecule has 2 amide bonds. The van der Waals surface area contributed by atoms with Crippen LogP contribution in [0.25, 0.3) is 0 Å². The molecule has 242 valence electrons. The van der Waals surface area contributed by atoms with Crippen LogP contribution in [0.4, 0.5) is 0 Å². The second-order valence-electron chi connectivity index (χ2n) is 11.3. The molecule has 0 bridgehead atoms. The third-order valence-corrected chi connectivity index (χ3v) is 7.94. The van der Waals surface area contributed by atoms with Crippen molar-refractivity contribution in [2.24, 2.45) is 5.92 Å². The highest BCUT2D eigenvalue weighted by molar-refractivity contribution is 7.99. The van der Waals surface area contributed by atoms with Crippen LogP contribution >= 0.6 is 36.6 Å². The molecule has 1 aliphatic rings. The van der Waals surface area contributed by atoms with Crippen molar-refractivity contribution in [3.8, 4) is 0 Å². The summed E-state index contributed by atoms with van der Waals surface area (Å²) in [6.45, 7) is 5.36. The maximum atomic E-state index is 13.9. The Morgan fingerprint density at radius 3 is 2.28 bits per heavy atom. The highest BCUT2D eigenvalue weighted by Crippen LogP contribution is 2.30. The van der Waals surface area contributed by atoms with Crippen molar-refractivity contribution in [1.29, 1.82) is 0 Å². The third-order valence-electron chi connectivity index (χ3n) is 7.14. The molecule has 14 heteroatoms. The molecule has 1 heterocycles. The van der Waals surface area contributed by atoms with Crippen molar-refractivity contribution in [1.82, 2.24) is 30.8 Å². The van der Waals surface area contributed by atoms with Crippen molar-refractivity contribution in [3.05, 3.63) is 41.3 Å². The lowest BCUT2D eigenvalue weighted by Gasteiger charge is -2.37. The first-order valence-electron chi connectivity index (χ1n) is 14.2. The summed E-state index contributed by atoms with van der Waals surface area (Å²) in [7, 11) is 7.37. The maximum Gasteiger partial charge on any atom is 0.286 e. The van der Waals surface area contributed by atoms with E-state index in [2.05, 4.69) is 20.8 Å². The van der Waals surface area contributed by atoms with Crippen LogP contribution < -0.4 is 10.6 Å². The summed E-state index contributed by atoms with van der Waals surface area (Å²) in [5.74, 6) is -0.366. The van der Waals surface area contributed by atoms with Gasteiger partial charge in [0.05, 0.1) is 13.2 Å². The number of halogens is 2. The van der Waals surface area contributed by atoms with Gasteiger partial charge in [0.1, 0.15) is 5.54 Å². The van der Waals surface area contributed by atoms with E-state index in [-0.39, 0.29) is 48.4 Å². The summed E-state index contributed by atoms with van der Waals surface area (Å²) < 4.78 is 5.65. The van der Waals surface area contributed by atoms with Gasteiger partial charge in [-0.15, -0.1) is 35.0 Å².